The van der Waals surface area contributed by atoms with Crippen molar-refractivity contribution in [1.29, 1.82) is 0 Å². The molecule has 1 N–H and O–H groups in total. The van der Waals surface area contributed by atoms with Crippen LogP contribution in [0.1, 0.15) is 23.5 Å². The second kappa shape index (κ2) is 9.47. The molecule has 2 aromatic heterocycles. The maximum Gasteiger partial charge on any atom is 0.273 e. The third kappa shape index (κ3) is 4.38. The fourth-order valence-electron chi connectivity index (χ4n) is 4.18. The van der Waals surface area contributed by atoms with Crippen LogP contribution >= 0.6 is 28.1 Å². The van der Waals surface area contributed by atoms with Crippen molar-refractivity contribution in [3.05, 3.63) is 105 Å². The average Bonchev–Trinajstić information content (AvgIpc) is 3.49. The van der Waals surface area contributed by atoms with E-state index in [1.54, 1.807) is 12.3 Å². The lowest BCUT2D eigenvalue weighted by atomic mass is 10.0. The van der Waals surface area contributed by atoms with E-state index in [0.29, 0.717) is 27.9 Å². The van der Waals surface area contributed by atoms with Crippen LogP contribution in [-0.4, -0.2) is 22.1 Å². The SMILES string of the molecule is COc1cc([N+](=O)[O-])ccc1-c1ccc([C@@H]2[C@H](c3ccccn3)NC(=S)N2c2ccc(Br)cc2)o1. The number of halogens is 1. The van der Waals surface area contributed by atoms with Gasteiger partial charge in [-0.1, -0.05) is 22.0 Å². The number of furan rings is 1. The average molecular weight is 551 g/mol. The summed E-state index contributed by atoms with van der Waals surface area (Å²) in [7, 11) is 1.47. The summed E-state index contributed by atoms with van der Waals surface area (Å²) >= 11 is 9.22. The van der Waals surface area contributed by atoms with Crippen LogP contribution in [0.15, 0.2) is 87.9 Å². The molecule has 1 saturated heterocycles. The Balaban J connectivity index is 1.59. The number of anilines is 1. The Morgan fingerprint density at radius 1 is 1.14 bits per heavy atom. The molecule has 0 unspecified atom stereocenters. The van der Waals surface area contributed by atoms with Gasteiger partial charge in [0.25, 0.3) is 5.69 Å². The maximum atomic E-state index is 11.2. The fourth-order valence-corrected chi connectivity index (χ4v) is 4.79. The quantitative estimate of drug-likeness (QED) is 0.172. The monoisotopic (exact) mass is 550 g/mol. The number of nitro groups is 1. The minimum Gasteiger partial charge on any atom is -0.496 e. The van der Waals surface area contributed by atoms with Crippen LogP contribution in [0.3, 0.4) is 0 Å². The van der Waals surface area contributed by atoms with Gasteiger partial charge in [-0.2, -0.15) is 0 Å². The molecule has 2 atom stereocenters. The Labute approximate surface area is 214 Å². The molecule has 0 aliphatic carbocycles. The van der Waals surface area contributed by atoms with E-state index >= 15 is 0 Å². The Morgan fingerprint density at radius 3 is 2.63 bits per heavy atom. The van der Waals surface area contributed by atoms with Gasteiger partial charge in [0.05, 0.1) is 35.4 Å². The predicted molar refractivity (Wildman–Crippen MR) is 139 cm³/mol. The standard InChI is InChI=1S/C25H19BrN4O4S/c1-33-22-14-17(30(31)32)9-10-18(22)20-11-12-21(34-20)24-23(19-4-2-3-13-27-19)28-25(35)29(24)16-7-5-15(26)6-8-16/h2-14,23-24H,1H3,(H,28,35)/t23-,24+/m0/s1. The minimum atomic E-state index is -0.460. The Morgan fingerprint density at radius 2 is 1.94 bits per heavy atom. The first kappa shape index (κ1) is 23.0. The van der Waals surface area contributed by atoms with Gasteiger partial charge in [0.15, 0.2) is 5.11 Å². The molecule has 3 heterocycles. The van der Waals surface area contributed by atoms with Gasteiger partial charge in [-0.05, 0) is 66.8 Å². The number of methoxy groups -OCH3 is 1. The lowest BCUT2D eigenvalue weighted by Gasteiger charge is -2.26. The lowest BCUT2D eigenvalue weighted by Crippen LogP contribution is -2.29. The molecule has 0 bridgehead atoms. The summed E-state index contributed by atoms with van der Waals surface area (Å²) in [6.07, 6.45) is 1.74. The van der Waals surface area contributed by atoms with Crippen LogP contribution in [0.5, 0.6) is 5.75 Å². The molecule has 0 saturated carbocycles. The number of benzene rings is 2. The molecule has 35 heavy (non-hydrogen) atoms. The first-order valence-electron chi connectivity index (χ1n) is 10.6. The lowest BCUT2D eigenvalue weighted by molar-refractivity contribution is -0.384. The van der Waals surface area contributed by atoms with Crippen molar-refractivity contribution in [2.24, 2.45) is 0 Å². The number of thiocarbonyl (C=S) groups is 1. The first-order chi connectivity index (χ1) is 17.0. The maximum absolute atomic E-state index is 11.2. The number of ether oxygens (including phenoxy) is 1. The van der Waals surface area contributed by atoms with Crippen LogP contribution < -0.4 is 15.0 Å². The fraction of sp³-hybridized carbons (Fsp3) is 0.120. The van der Waals surface area contributed by atoms with E-state index in [1.165, 1.54) is 19.2 Å². The topological polar surface area (TPSA) is 93.7 Å². The second-order valence-electron chi connectivity index (χ2n) is 7.82. The summed E-state index contributed by atoms with van der Waals surface area (Å²) in [6.45, 7) is 0. The number of non-ortho nitro benzene ring substituents is 1. The zero-order valence-electron chi connectivity index (χ0n) is 18.4. The van der Waals surface area contributed by atoms with Crippen molar-refractivity contribution in [3.63, 3.8) is 0 Å². The summed E-state index contributed by atoms with van der Waals surface area (Å²) in [5.74, 6) is 1.54. The van der Waals surface area contributed by atoms with Crippen molar-refractivity contribution < 1.29 is 14.1 Å². The molecule has 2 aromatic carbocycles. The van der Waals surface area contributed by atoms with Crippen LogP contribution in [-0.2, 0) is 0 Å². The molecular weight excluding hydrogens is 532 g/mol. The van der Waals surface area contributed by atoms with Crippen molar-refractivity contribution >= 4 is 44.6 Å². The highest BCUT2D eigenvalue weighted by atomic mass is 79.9. The van der Waals surface area contributed by atoms with Crippen molar-refractivity contribution in [2.75, 3.05) is 12.0 Å². The number of aromatic nitrogens is 1. The largest absolute Gasteiger partial charge is 0.496 e. The van der Waals surface area contributed by atoms with Gasteiger partial charge in [0.2, 0.25) is 0 Å². The molecule has 4 aromatic rings. The summed E-state index contributed by atoms with van der Waals surface area (Å²) < 4.78 is 12.7. The Hall–Kier alpha value is -3.76. The van der Waals surface area contributed by atoms with Crippen molar-refractivity contribution in [1.82, 2.24) is 10.3 Å². The number of nitrogens with zero attached hydrogens (tertiary/aromatic N) is 3. The summed E-state index contributed by atoms with van der Waals surface area (Å²) in [5.41, 5.74) is 2.28. The molecule has 1 aliphatic heterocycles. The van der Waals surface area contributed by atoms with E-state index < -0.39 is 4.92 Å². The number of nitro benzene ring substituents is 1. The Kier molecular flexibility index (Phi) is 6.23. The molecule has 0 amide bonds. The highest BCUT2D eigenvalue weighted by molar-refractivity contribution is 9.10. The van der Waals surface area contributed by atoms with Gasteiger partial charge in [-0.25, -0.2) is 0 Å². The number of hydrogen-bond acceptors (Lipinski definition) is 6. The minimum absolute atomic E-state index is 0.0562. The number of nitrogens with one attached hydrogen (secondary N) is 1. The molecule has 0 radical (unpaired) electrons. The smallest absolute Gasteiger partial charge is 0.273 e. The Bertz CT molecular complexity index is 1390. The van der Waals surface area contributed by atoms with E-state index in [-0.39, 0.29) is 17.8 Å². The van der Waals surface area contributed by atoms with Crippen molar-refractivity contribution in [3.8, 4) is 17.1 Å². The van der Waals surface area contributed by atoms with E-state index in [0.717, 1.165) is 15.9 Å². The third-order valence-electron chi connectivity index (χ3n) is 5.78. The van der Waals surface area contributed by atoms with E-state index in [9.17, 15) is 10.1 Å². The van der Waals surface area contributed by atoms with E-state index in [1.807, 2.05) is 59.5 Å². The normalized spacial score (nSPS) is 17.3. The zero-order chi connectivity index (χ0) is 24.5. The van der Waals surface area contributed by atoms with Crippen molar-refractivity contribution in [2.45, 2.75) is 12.1 Å². The van der Waals surface area contributed by atoms with Gasteiger partial charge in [-0.3, -0.25) is 15.1 Å². The third-order valence-corrected chi connectivity index (χ3v) is 6.63. The molecule has 5 rings (SSSR count). The van der Waals surface area contributed by atoms with Gasteiger partial charge in [-0.15, -0.1) is 0 Å². The van der Waals surface area contributed by atoms with Gasteiger partial charge < -0.3 is 19.4 Å². The summed E-state index contributed by atoms with van der Waals surface area (Å²) in [6, 6.07) is 21.2. The van der Waals surface area contributed by atoms with E-state index in [4.69, 9.17) is 21.4 Å². The van der Waals surface area contributed by atoms with Gasteiger partial charge in [0, 0.05) is 22.4 Å². The first-order valence-corrected chi connectivity index (χ1v) is 11.8. The molecule has 10 heteroatoms. The van der Waals surface area contributed by atoms with Gasteiger partial charge >= 0.3 is 0 Å². The van der Waals surface area contributed by atoms with E-state index in [2.05, 4.69) is 26.2 Å². The highest BCUT2D eigenvalue weighted by Gasteiger charge is 2.42. The molecule has 1 aliphatic rings. The summed E-state index contributed by atoms with van der Waals surface area (Å²) in [4.78, 5) is 17.3. The molecule has 176 valence electrons. The predicted octanol–water partition coefficient (Wildman–Crippen LogP) is 6.20. The number of hydrogen-bond donors (Lipinski definition) is 1. The second-order valence-corrected chi connectivity index (χ2v) is 9.12. The molecule has 0 spiro atoms. The van der Waals surface area contributed by atoms with Crippen LogP contribution in [0.2, 0.25) is 0 Å². The number of rotatable bonds is 6. The number of pyridine rings is 1. The van der Waals surface area contributed by atoms with Crippen LogP contribution in [0.4, 0.5) is 11.4 Å². The summed E-state index contributed by atoms with van der Waals surface area (Å²) in [5, 5.41) is 15.1. The molecular formula is C25H19BrN4O4S. The van der Waals surface area contributed by atoms with Gasteiger partial charge in [0.1, 0.15) is 23.3 Å². The van der Waals surface area contributed by atoms with Crippen LogP contribution in [0.25, 0.3) is 11.3 Å². The zero-order valence-corrected chi connectivity index (χ0v) is 20.8. The molecule has 8 nitrogen and oxygen atoms in total. The molecule has 1 fully saturated rings. The van der Waals surface area contributed by atoms with Crippen LogP contribution in [0, 0.1) is 10.1 Å². The highest BCUT2D eigenvalue weighted by Crippen LogP contribution is 2.44.